The van der Waals surface area contributed by atoms with Gasteiger partial charge in [0.15, 0.2) is 0 Å². The Morgan fingerprint density at radius 1 is 1.42 bits per heavy atom. The number of nitrogens with zero attached hydrogens (tertiary/aromatic N) is 1. The van der Waals surface area contributed by atoms with E-state index in [1.54, 1.807) is 11.3 Å². The van der Waals surface area contributed by atoms with Crippen molar-refractivity contribution in [1.82, 2.24) is 10.2 Å². The van der Waals surface area contributed by atoms with Crippen LogP contribution in [0.5, 0.6) is 0 Å². The third kappa shape index (κ3) is 2.96. The second kappa shape index (κ2) is 6.25. The molecule has 0 spiro atoms. The van der Waals surface area contributed by atoms with Crippen molar-refractivity contribution in [2.24, 2.45) is 0 Å². The zero-order chi connectivity index (χ0) is 12.5. The third-order valence-corrected chi connectivity index (χ3v) is 5.19. The Morgan fingerprint density at radius 3 is 2.95 bits per heavy atom. The minimum absolute atomic E-state index is 0. The van der Waals surface area contributed by atoms with Gasteiger partial charge in [-0.1, -0.05) is 0 Å². The lowest BCUT2D eigenvalue weighted by molar-refractivity contribution is 0.0660. The number of hydrogen-bond acceptors (Lipinski definition) is 3. The standard InChI is InChI=1S/C14H20N2OS.ClH/c1-10-9-15-6-7-16(10)14(17)13-8-11-4-2-3-5-12(11)18-13;/h8,10,15H,2-7,9H2,1H3;1H/t10-;/m0./s1. The van der Waals surface area contributed by atoms with E-state index in [9.17, 15) is 4.79 Å². The van der Waals surface area contributed by atoms with Crippen LogP contribution >= 0.6 is 23.7 Å². The Bertz CT molecular complexity index is 437. The summed E-state index contributed by atoms with van der Waals surface area (Å²) in [7, 11) is 0. The molecular formula is C14H21ClN2OS. The summed E-state index contributed by atoms with van der Waals surface area (Å²) in [5.41, 5.74) is 1.43. The van der Waals surface area contributed by atoms with E-state index < -0.39 is 0 Å². The third-order valence-electron chi connectivity index (χ3n) is 3.97. The highest BCUT2D eigenvalue weighted by molar-refractivity contribution is 7.14. The fourth-order valence-corrected chi connectivity index (χ4v) is 4.09. The highest BCUT2D eigenvalue weighted by Crippen LogP contribution is 2.30. The first-order valence-electron chi connectivity index (χ1n) is 6.89. The number of rotatable bonds is 1. The van der Waals surface area contributed by atoms with Crippen molar-refractivity contribution >= 4 is 29.7 Å². The molecule has 0 radical (unpaired) electrons. The topological polar surface area (TPSA) is 32.3 Å². The van der Waals surface area contributed by atoms with Crippen LogP contribution in [-0.2, 0) is 12.8 Å². The molecule has 5 heteroatoms. The summed E-state index contributed by atoms with van der Waals surface area (Å²) in [6.45, 7) is 4.79. The van der Waals surface area contributed by atoms with Gasteiger partial charge in [0.25, 0.3) is 5.91 Å². The number of amides is 1. The minimum Gasteiger partial charge on any atom is -0.333 e. The van der Waals surface area contributed by atoms with E-state index in [1.807, 2.05) is 4.90 Å². The van der Waals surface area contributed by atoms with Crippen LogP contribution in [0.1, 0.15) is 39.9 Å². The summed E-state index contributed by atoms with van der Waals surface area (Å²) in [5, 5.41) is 3.33. The number of fused-ring (bicyclic) bond motifs is 1. The molecule has 2 aliphatic rings. The molecule has 1 saturated heterocycles. The highest BCUT2D eigenvalue weighted by Gasteiger charge is 2.26. The van der Waals surface area contributed by atoms with Crippen molar-refractivity contribution in [2.75, 3.05) is 19.6 Å². The van der Waals surface area contributed by atoms with E-state index in [2.05, 4.69) is 18.3 Å². The molecule has 1 amide bonds. The van der Waals surface area contributed by atoms with Crippen LogP contribution in [0.2, 0.25) is 0 Å². The largest absolute Gasteiger partial charge is 0.333 e. The maximum Gasteiger partial charge on any atom is 0.264 e. The van der Waals surface area contributed by atoms with Crippen LogP contribution in [0.25, 0.3) is 0 Å². The predicted octanol–water partition coefficient (Wildman–Crippen LogP) is 2.48. The summed E-state index contributed by atoms with van der Waals surface area (Å²) in [6.07, 6.45) is 4.90. The molecule has 1 aliphatic carbocycles. The minimum atomic E-state index is 0. The number of halogens is 1. The van der Waals surface area contributed by atoms with Crippen molar-refractivity contribution < 1.29 is 4.79 Å². The number of nitrogens with one attached hydrogen (secondary N) is 1. The van der Waals surface area contributed by atoms with Crippen molar-refractivity contribution in [3.63, 3.8) is 0 Å². The SMILES string of the molecule is C[C@H]1CNCCN1C(=O)c1cc2c(s1)CCCC2.Cl. The fraction of sp³-hybridized carbons (Fsp3) is 0.643. The number of carbonyl (C=O) groups is 1. The smallest absolute Gasteiger partial charge is 0.264 e. The predicted molar refractivity (Wildman–Crippen MR) is 81.6 cm³/mol. The van der Waals surface area contributed by atoms with E-state index in [0.29, 0.717) is 6.04 Å². The van der Waals surface area contributed by atoms with Gasteiger partial charge in [-0.05, 0) is 44.2 Å². The summed E-state index contributed by atoms with van der Waals surface area (Å²) in [4.78, 5) is 17.0. The van der Waals surface area contributed by atoms with E-state index in [-0.39, 0.29) is 18.3 Å². The van der Waals surface area contributed by atoms with Crippen LogP contribution in [-0.4, -0.2) is 36.5 Å². The first-order valence-corrected chi connectivity index (χ1v) is 7.70. The molecule has 1 aromatic rings. The Hall–Kier alpha value is -0.580. The molecule has 19 heavy (non-hydrogen) atoms. The Balaban J connectivity index is 0.00000133. The molecule has 1 atom stereocenters. The molecule has 106 valence electrons. The summed E-state index contributed by atoms with van der Waals surface area (Å²) >= 11 is 1.73. The molecule has 3 rings (SSSR count). The summed E-state index contributed by atoms with van der Waals surface area (Å²) in [6, 6.07) is 2.46. The van der Waals surface area contributed by atoms with E-state index in [1.165, 1.54) is 29.7 Å². The zero-order valence-electron chi connectivity index (χ0n) is 11.3. The summed E-state index contributed by atoms with van der Waals surface area (Å²) in [5.74, 6) is 0.239. The van der Waals surface area contributed by atoms with Gasteiger partial charge < -0.3 is 10.2 Å². The number of hydrogen-bond donors (Lipinski definition) is 1. The van der Waals surface area contributed by atoms with Gasteiger partial charge >= 0.3 is 0 Å². The monoisotopic (exact) mass is 300 g/mol. The van der Waals surface area contributed by atoms with Gasteiger partial charge in [-0.15, -0.1) is 23.7 Å². The van der Waals surface area contributed by atoms with Crippen molar-refractivity contribution in [3.05, 3.63) is 21.4 Å². The molecule has 0 aromatic carbocycles. The van der Waals surface area contributed by atoms with Gasteiger partial charge in [-0.25, -0.2) is 0 Å². The first kappa shape index (κ1) is 14.8. The average Bonchev–Trinajstić information content (AvgIpc) is 2.82. The van der Waals surface area contributed by atoms with Crippen LogP contribution in [0.4, 0.5) is 0 Å². The number of carbonyl (C=O) groups excluding carboxylic acids is 1. The van der Waals surface area contributed by atoms with Gasteiger partial charge in [0, 0.05) is 30.6 Å². The molecule has 0 unspecified atom stereocenters. The average molecular weight is 301 g/mol. The van der Waals surface area contributed by atoms with Crippen molar-refractivity contribution in [3.8, 4) is 0 Å². The second-order valence-electron chi connectivity index (χ2n) is 5.32. The summed E-state index contributed by atoms with van der Waals surface area (Å²) < 4.78 is 0. The molecule has 1 fully saturated rings. The van der Waals surface area contributed by atoms with Gasteiger partial charge in [-0.2, -0.15) is 0 Å². The Kier molecular flexibility index (Phi) is 4.87. The van der Waals surface area contributed by atoms with Crippen LogP contribution in [0.15, 0.2) is 6.07 Å². The molecular weight excluding hydrogens is 280 g/mol. The number of aryl methyl sites for hydroxylation is 2. The van der Waals surface area contributed by atoms with Gasteiger partial charge in [0.1, 0.15) is 0 Å². The normalized spacial score (nSPS) is 22.6. The van der Waals surface area contributed by atoms with Gasteiger partial charge in [0.05, 0.1) is 4.88 Å². The lowest BCUT2D eigenvalue weighted by Crippen LogP contribution is -2.52. The maximum atomic E-state index is 12.5. The van der Waals surface area contributed by atoms with Crippen molar-refractivity contribution in [1.29, 1.82) is 0 Å². The van der Waals surface area contributed by atoms with Crippen molar-refractivity contribution in [2.45, 2.75) is 38.6 Å². The fourth-order valence-electron chi connectivity index (χ4n) is 2.88. The lowest BCUT2D eigenvalue weighted by Gasteiger charge is -2.33. The Morgan fingerprint density at radius 2 is 2.21 bits per heavy atom. The van der Waals surface area contributed by atoms with Crippen LogP contribution in [0, 0.1) is 0 Å². The molecule has 3 nitrogen and oxygen atoms in total. The van der Waals surface area contributed by atoms with E-state index >= 15 is 0 Å². The van der Waals surface area contributed by atoms with Gasteiger partial charge in [0.2, 0.25) is 0 Å². The van der Waals surface area contributed by atoms with Gasteiger partial charge in [-0.3, -0.25) is 4.79 Å². The molecule has 2 heterocycles. The molecule has 0 saturated carbocycles. The number of piperazine rings is 1. The molecule has 1 N–H and O–H groups in total. The van der Waals surface area contributed by atoms with Crippen LogP contribution < -0.4 is 5.32 Å². The molecule has 1 aliphatic heterocycles. The molecule has 1 aromatic heterocycles. The first-order chi connectivity index (χ1) is 8.75. The Labute approximate surface area is 124 Å². The van der Waals surface area contributed by atoms with E-state index in [4.69, 9.17) is 0 Å². The molecule has 0 bridgehead atoms. The maximum absolute atomic E-state index is 12.5. The van der Waals surface area contributed by atoms with E-state index in [0.717, 1.165) is 30.9 Å². The van der Waals surface area contributed by atoms with Crippen LogP contribution in [0.3, 0.4) is 0 Å². The number of thiophene rings is 1. The second-order valence-corrected chi connectivity index (χ2v) is 6.45. The highest BCUT2D eigenvalue weighted by atomic mass is 35.5. The quantitative estimate of drug-likeness (QED) is 0.864. The zero-order valence-corrected chi connectivity index (χ0v) is 12.9. The lowest BCUT2D eigenvalue weighted by atomic mass is 9.99.